The summed E-state index contributed by atoms with van der Waals surface area (Å²) in [5.41, 5.74) is 4.47. The van der Waals surface area contributed by atoms with Crippen LogP contribution in [0.2, 0.25) is 0 Å². The number of methoxy groups -OCH3 is 1. The molecule has 1 aliphatic rings. The summed E-state index contributed by atoms with van der Waals surface area (Å²) in [6.45, 7) is 11.9. The van der Waals surface area contributed by atoms with Crippen LogP contribution < -0.4 is 15.2 Å². The number of fused-ring (bicyclic) bond motifs is 4. The van der Waals surface area contributed by atoms with Crippen molar-refractivity contribution >= 4 is 34.6 Å². The summed E-state index contributed by atoms with van der Waals surface area (Å²) < 4.78 is 22.1. The third-order valence-corrected chi connectivity index (χ3v) is 9.41. The molecule has 0 aliphatic carbocycles. The van der Waals surface area contributed by atoms with Crippen molar-refractivity contribution in [2.45, 2.75) is 78.7 Å². The van der Waals surface area contributed by atoms with Crippen LogP contribution in [0.5, 0.6) is 5.75 Å². The van der Waals surface area contributed by atoms with Crippen molar-refractivity contribution in [3.8, 4) is 11.4 Å². The Morgan fingerprint density at radius 3 is 2.27 bits per heavy atom. The van der Waals surface area contributed by atoms with E-state index in [-0.39, 0.29) is 12.1 Å². The number of benzene rings is 3. The van der Waals surface area contributed by atoms with E-state index in [1.54, 1.807) is 34.3 Å². The van der Waals surface area contributed by atoms with Gasteiger partial charge in [-0.15, -0.1) is 0 Å². The molecule has 0 atom stereocenters. The van der Waals surface area contributed by atoms with E-state index < -0.39 is 23.4 Å². The molecular weight excluding hydrogens is 699 g/mol. The number of rotatable bonds is 7. The van der Waals surface area contributed by atoms with Crippen LogP contribution in [-0.4, -0.2) is 73.0 Å². The Morgan fingerprint density at radius 1 is 0.891 bits per heavy atom. The van der Waals surface area contributed by atoms with Gasteiger partial charge in [-0.1, -0.05) is 42.5 Å². The van der Waals surface area contributed by atoms with Crippen molar-refractivity contribution < 1.29 is 23.8 Å². The maximum atomic E-state index is 14.8. The molecule has 0 saturated heterocycles. The van der Waals surface area contributed by atoms with Crippen LogP contribution in [0.15, 0.2) is 83.8 Å². The number of amides is 2. The van der Waals surface area contributed by atoms with Gasteiger partial charge in [-0.2, -0.15) is 10.2 Å². The van der Waals surface area contributed by atoms with Gasteiger partial charge in [0.05, 0.1) is 43.3 Å². The van der Waals surface area contributed by atoms with Crippen LogP contribution in [-0.2, 0) is 35.4 Å². The molecule has 55 heavy (non-hydrogen) atoms. The summed E-state index contributed by atoms with van der Waals surface area (Å²) in [4.78, 5) is 44.4. The molecule has 0 fully saturated rings. The molecule has 3 aromatic heterocycles. The van der Waals surface area contributed by atoms with Gasteiger partial charge in [-0.25, -0.2) is 14.1 Å². The number of hydrogen-bond acceptors (Lipinski definition) is 8. The maximum absolute atomic E-state index is 14.8. The van der Waals surface area contributed by atoms with E-state index in [1.165, 1.54) is 4.90 Å². The van der Waals surface area contributed by atoms with E-state index in [0.717, 1.165) is 22.4 Å². The summed E-state index contributed by atoms with van der Waals surface area (Å²) in [7, 11) is 3.26. The third-order valence-electron chi connectivity index (χ3n) is 9.41. The van der Waals surface area contributed by atoms with Crippen LogP contribution in [0.3, 0.4) is 0 Å². The second-order valence-electron chi connectivity index (χ2n) is 15.9. The molecule has 6 aromatic rings. The SMILES string of the molecule is COc1ccc(Cn2nc(N(C)C(=O)OC(C)(C)C)c3ccc(-n4c(=O)c5c(n6ncc(Cc7ccccc7)c46)CN(C(=O)OC(C)(C)C)CC5)cc32)cc1. The van der Waals surface area contributed by atoms with Gasteiger partial charge in [0.2, 0.25) is 0 Å². The van der Waals surface area contributed by atoms with Gasteiger partial charge in [0.25, 0.3) is 5.56 Å². The molecule has 4 heterocycles. The lowest BCUT2D eigenvalue weighted by atomic mass is 10.0. The fraction of sp³-hybridized carbons (Fsp3) is 0.357. The van der Waals surface area contributed by atoms with Gasteiger partial charge >= 0.3 is 12.2 Å². The number of nitrogens with zero attached hydrogens (tertiary/aromatic N) is 7. The number of ether oxygens (including phenoxy) is 3. The zero-order chi connectivity index (χ0) is 39.2. The molecule has 1 aliphatic heterocycles. The summed E-state index contributed by atoms with van der Waals surface area (Å²) >= 11 is 0. The Bertz CT molecular complexity index is 2450. The van der Waals surface area contributed by atoms with Gasteiger partial charge in [-0.3, -0.25) is 18.9 Å². The molecule has 0 radical (unpaired) electrons. The Hall–Kier alpha value is -6.11. The molecule has 0 spiro atoms. The van der Waals surface area contributed by atoms with Gasteiger partial charge in [0, 0.05) is 36.5 Å². The standard InChI is InChI=1S/C42H47N7O6/c1-41(2,3)54-39(51)45(7)36-32-19-16-30(23-34(32)47(44-36)25-28-14-17-31(53-8)18-15-28)48-37-29(22-27-12-10-9-11-13-27)24-43-49(37)35-26-46(21-20-33(35)38(48)50)40(52)55-42(4,5)6/h9-19,23-24H,20-22,25-26H2,1-8H3. The van der Waals surface area contributed by atoms with Crippen LogP contribution >= 0.6 is 0 Å². The molecule has 0 unspecified atom stereocenters. The first kappa shape index (κ1) is 37.2. The predicted molar refractivity (Wildman–Crippen MR) is 210 cm³/mol. The van der Waals surface area contributed by atoms with E-state index >= 15 is 0 Å². The van der Waals surface area contributed by atoms with Crippen molar-refractivity contribution in [2.24, 2.45) is 0 Å². The molecule has 3 aromatic carbocycles. The zero-order valence-electron chi connectivity index (χ0n) is 32.6. The van der Waals surface area contributed by atoms with E-state index in [2.05, 4.69) is 0 Å². The highest BCUT2D eigenvalue weighted by molar-refractivity contribution is 5.99. The maximum Gasteiger partial charge on any atom is 0.415 e. The lowest BCUT2D eigenvalue weighted by Gasteiger charge is -2.31. The third kappa shape index (κ3) is 7.64. The zero-order valence-corrected chi connectivity index (χ0v) is 32.6. The number of carbonyl (C=O) groups is 2. The van der Waals surface area contributed by atoms with Gasteiger partial charge < -0.3 is 19.1 Å². The van der Waals surface area contributed by atoms with Crippen LogP contribution in [0.4, 0.5) is 15.4 Å². The summed E-state index contributed by atoms with van der Waals surface area (Å²) in [5.74, 6) is 1.16. The minimum absolute atomic E-state index is 0.178. The lowest BCUT2D eigenvalue weighted by molar-refractivity contribution is 0.0218. The van der Waals surface area contributed by atoms with Crippen molar-refractivity contribution in [3.05, 3.63) is 117 Å². The average Bonchev–Trinajstić information content (AvgIpc) is 3.71. The second-order valence-corrected chi connectivity index (χ2v) is 15.9. The number of hydrogen-bond donors (Lipinski definition) is 0. The number of carbonyl (C=O) groups excluding carboxylic acids is 2. The van der Waals surface area contributed by atoms with Crippen molar-refractivity contribution in [3.63, 3.8) is 0 Å². The van der Waals surface area contributed by atoms with Crippen LogP contribution in [0.1, 0.15) is 69.5 Å². The molecular formula is C42H47N7O6. The quantitative estimate of drug-likeness (QED) is 0.169. The average molecular weight is 746 g/mol. The number of anilines is 1. The Labute approximate surface area is 319 Å². The first-order chi connectivity index (χ1) is 26.1. The fourth-order valence-electron chi connectivity index (χ4n) is 6.85. The van der Waals surface area contributed by atoms with Gasteiger partial charge in [0.1, 0.15) is 22.6 Å². The highest BCUT2D eigenvalue weighted by atomic mass is 16.6. The van der Waals surface area contributed by atoms with E-state index in [1.807, 2.05) is 119 Å². The minimum Gasteiger partial charge on any atom is -0.497 e. The normalized spacial score (nSPS) is 13.2. The molecule has 13 nitrogen and oxygen atoms in total. The highest BCUT2D eigenvalue weighted by Gasteiger charge is 2.32. The first-order valence-electron chi connectivity index (χ1n) is 18.4. The molecule has 13 heteroatoms. The Morgan fingerprint density at radius 2 is 1.60 bits per heavy atom. The van der Waals surface area contributed by atoms with E-state index in [4.69, 9.17) is 24.4 Å². The Balaban J connectivity index is 1.40. The monoisotopic (exact) mass is 745 g/mol. The second kappa shape index (κ2) is 14.3. The summed E-state index contributed by atoms with van der Waals surface area (Å²) in [6.07, 6.45) is 1.69. The highest BCUT2D eigenvalue weighted by Crippen LogP contribution is 2.31. The van der Waals surface area contributed by atoms with Crippen LogP contribution in [0, 0.1) is 0 Å². The van der Waals surface area contributed by atoms with Crippen molar-refractivity contribution in [1.29, 1.82) is 0 Å². The van der Waals surface area contributed by atoms with E-state index in [0.29, 0.717) is 65.2 Å². The molecule has 0 saturated carbocycles. The largest absolute Gasteiger partial charge is 0.497 e. The number of aromatic nitrogens is 5. The fourth-order valence-corrected chi connectivity index (χ4v) is 6.85. The van der Waals surface area contributed by atoms with Crippen LogP contribution in [0.25, 0.3) is 22.2 Å². The topological polar surface area (TPSA) is 125 Å². The van der Waals surface area contributed by atoms with E-state index in [9.17, 15) is 14.4 Å². The molecule has 7 rings (SSSR count). The molecule has 0 N–H and O–H groups in total. The molecule has 286 valence electrons. The first-order valence-corrected chi connectivity index (χ1v) is 18.4. The smallest absolute Gasteiger partial charge is 0.415 e. The molecule has 0 bridgehead atoms. The summed E-state index contributed by atoms with van der Waals surface area (Å²) in [6, 6.07) is 23.4. The summed E-state index contributed by atoms with van der Waals surface area (Å²) in [5, 5.41) is 10.5. The van der Waals surface area contributed by atoms with Gasteiger partial charge in [-0.05, 0) is 89.4 Å². The van der Waals surface area contributed by atoms with Crippen molar-refractivity contribution in [2.75, 3.05) is 25.6 Å². The van der Waals surface area contributed by atoms with Crippen molar-refractivity contribution in [1.82, 2.24) is 28.9 Å². The predicted octanol–water partition coefficient (Wildman–Crippen LogP) is 7.15. The molecule has 2 amide bonds. The van der Waals surface area contributed by atoms with Gasteiger partial charge in [0.15, 0.2) is 5.82 Å². The Kier molecular flexibility index (Phi) is 9.66. The lowest BCUT2D eigenvalue weighted by Crippen LogP contribution is -2.43. The minimum atomic E-state index is -0.703.